The van der Waals surface area contributed by atoms with Gasteiger partial charge in [0.05, 0.1) is 17.9 Å². The van der Waals surface area contributed by atoms with Gasteiger partial charge in [-0.1, -0.05) is 48.0 Å². The number of urea groups is 1. The van der Waals surface area contributed by atoms with Crippen molar-refractivity contribution in [3.05, 3.63) is 88.9 Å². The van der Waals surface area contributed by atoms with Crippen LogP contribution >= 0.6 is 11.6 Å². The van der Waals surface area contributed by atoms with E-state index in [1.807, 2.05) is 31.2 Å². The maximum absolute atomic E-state index is 13.3. The lowest BCUT2D eigenvalue weighted by Gasteiger charge is -2.36. The maximum atomic E-state index is 13.3. The Morgan fingerprint density at radius 3 is 2.25 bits per heavy atom. The number of carbonyl (C=O) groups excluding carboxylic acids is 1. The van der Waals surface area contributed by atoms with Crippen LogP contribution in [-0.4, -0.2) is 14.4 Å². The maximum Gasteiger partial charge on any atom is 0.343 e. The van der Waals surface area contributed by atoms with E-state index in [1.54, 1.807) is 30.3 Å². The van der Waals surface area contributed by atoms with Crippen molar-refractivity contribution in [3.8, 4) is 0 Å². The molecule has 1 aliphatic heterocycles. The molecule has 1 heterocycles. The Morgan fingerprint density at radius 2 is 1.54 bits per heavy atom. The lowest BCUT2D eigenvalue weighted by atomic mass is 10.1. The smallest absolute Gasteiger partial charge is 0.287 e. The Labute approximate surface area is 168 Å². The van der Waals surface area contributed by atoms with Gasteiger partial charge in [0.1, 0.15) is 4.90 Å². The number of rotatable bonds is 3. The van der Waals surface area contributed by atoms with Crippen LogP contribution in [0.25, 0.3) is 0 Å². The van der Waals surface area contributed by atoms with Crippen LogP contribution in [0.2, 0.25) is 5.02 Å². The number of fused-ring (bicyclic) bond motifs is 1. The fourth-order valence-electron chi connectivity index (χ4n) is 3.25. The summed E-state index contributed by atoms with van der Waals surface area (Å²) in [5.74, 6) is 0. The average molecular weight is 413 g/mol. The molecule has 0 saturated heterocycles. The highest BCUT2D eigenvalue weighted by atomic mass is 35.5. The molecule has 0 saturated carbocycles. The highest BCUT2D eigenvalue weighted by molar-refractivity contribution is 7.94. The average Bonchev–Trinajstić information content (AvgIpc) is 2.68. The van der Waals surface area contributed by atoms with Crippen LogP contribution in [-0.2, 0) is 16.6 Å². The van der Waals surface area contributed by atoms with E-state index < -0.39 is 16.1 Å². The van der Waals surface area contributed by atoms with E-state index in [-0.39, 0.29) is 17.1 Å². The summed E-state index contributed by atoms with van der Waals surface area (Å²) in [5.41, 5.74) is 2.60. The summed E-state index contributed by atoms with van der Waals surface area (Å²) in [6, 6.07) is 19.8. The zero-order valence-electron chi connectivity index (χ0n) is 15.0. The van der Waals surface area contributed by atoms with E-state index in [0.29, 0.717) is 10.7 Å². The van der Waals surface area contributed by atoms with Gasteiger partial charge in [0, 0.05) is 5.02 Å². The van der Waals surface area contributed by atoms with Crippen molar-refractivity contribution < 1.29 is 13.2 Å². The second-order valence-electron chi connectivity index (χ2n) is 6.51. The van der Waals surface area contributed by atoms with Crippen LogP contribution in [0, 0.1) is 6.92 Å². The highest BCUT2D eigenvalue weighted by Gasteiger charge is 2.42. The number of aryl methyl sites for hydroxylation is 1. The lowest BCUT2D eigenvalue weighted by Crippen LogP contribution is -2.50. The number of amides is 2. The minimum Gasteiger partial charge on any atom is -0.287 e. The topological polar surface area (TPSA) is 57.7 Å². The largest absolute Gasteiger partial charge is 0.343 e. The van der Waals surface area contributed by atoms with Crippen molar-refractivity contribution in [2.75, 3.05) is 9.21 Å². The standard InChI is InChI=1S/C21H17ClN2O3S/c1-15-6-2-3-7-16(15)14-23-19-8-4-5-9-20(19)28(26,27)24(21(23)25)18-12-10-17(22)11-13-18/h2-13H,14H2,1H3. The summed E-state index contributed by atoms with van der Waals surface area (Å²) >= 11 is 5.93. The molecule has 7 heteroatoms. The molecule has 3 aromatic rings. The van der Waals surface area contributed by atoms with Crippen molar-refractivity contribution in [2.45, 2.75) is 18.4 Å². The van der Waals surface area contributed by atoms with Gasteiger partial charge in [-0.15, -0.1) is 0 Å². The zero-order valence-corrected chi connectivity index (χ0v) is 16.6. The van der Waals surface area contributed by atoms with Crippen molar-refractivity contribution in [1.82, 2.24) is 0 Å². The number of benzene rings is 3. The van der Waals surface area contributed by atoms with Gasteiger partial charge < -0.3 is 0 Å². The molecule has 2 amide bonds. The van der Waals surface area contributed by atoms with Crippen LogP contribution in [0.4, 0.5) is 16.2 Å². The van der Waals surface area contributed by atoms with Gasteiger partial charge >= 0.3 is 6.03 Å². The first-order valence-electron chi connectivity index (χ1n) is 8.65. The summed E-state index contributed by atoms with van der Waals surface area (Å²) in [4.78, 5) is 14.9. The van der Waals surface area contributed by atoms with Gasteiger partial charge in [-0.25, -0.2) is 13.2 Å². The Bertz CT molecular complexity index is 1160. The minimum atomic E-state index is -4.03. The van der Waals surface area contributed by atoms with Gasteiger partial charge in [0.15, 0.2) is 0 Å². The number of carbonyl (C=O) groups is 1. The number of nitrogens with zero attached hydrogens (tertiary/aromatic N) is 2. The van der Waals surface area contributed by atoms with Crippen molar-refractivity contribution in [1.29, 1.82) is 0 Å². The molecule has 3 aromatic carbocycles. The van der Waals surface area contributed by atoms with E-state index in [2.05, 4.69) is 0 Å². The summed E-state index contributed by atoms with van der Waals surface area (Å²) in [6.45, 7) is 2.23. The normalized spacial score (nSPS) is 15.4. The highest BCUT2D eigenvalue weighted by Crippen LogP contribution is 2.38. The van der Waals surface area contributed by atoms with Crippen molar-refractivity contribution in [3.63, 3.8) is 0 Å². The molecule has 0 spiro atoms. The molecule has 5 nitrogen and oxygen atoms in total. The lowest BCUT2D eigenvalue weighted by molar-refractivity contribution is 0.253. The number of hydrogen-bond acceptors (Lipinski definition) is 3. The first-order chi connectivity index (χ1) is 13.4. The van der Waals surface area contributed by atoms with Gasteiger partial charge in [0.2, 0.25) is 0 Å². The molecule has 4 rings (SSSR count). The fraction of sp³-hybridized carbons (Fsp3) is 0.0952. The molecule has 142 valence electrons. The molecule has 0 atom stereocenters. The molecule has 0 aliphatic carbocycles. The quantitative estimate of drug-likeness (QED) is 0.609. The predicted molar refractivity (Wildman–Crippen MR) is 110 cm³/mol. The van der Waals surface area contributed by atoms with Gasteiger partial charge in [-0.3, -0.25) is 4.90 Å². The number of sulfonamides is 1. The third kappa shape index (κ3) is 3.04. The molecule has 0 aromatic heterocycles. The summed E-state index contributed by atoms with van der Waals surface area (Å²) in [6.07, 6.45) is 0. The van der Waals surface area contributed by atoms with E-state index in [9.17, 15) is 13.2 Å². The molecule has 0 radical (unpaired) electrons. The van der Waals surface area contributed by atoms with Crippen LogP contribution in [0.1, 0.15) is 11.1 Å². The molecule has 0 bridgehead atoms. The van der Waals surface area contributed by atoms with Crippen LogP contribution in [0.5, 0.6) is 0 Å². The number of halogens is 1. The van der Waals surface area contributed by atoms with Gasteiger partial charge in [-0.2, -0.15) is 4.31 Å². The van der Waals surface area contributed by atoms with Crippen LogP contribution in [0.3, 0.4) is 0 Å². The molecule has 0 unspecified atom stereocenters. The van der Waals surface area contributed by atoms with Crippen LogP contribution in [0.15, 0.2) is 77.7 Å². The molecule has 0 N–H and O–H groups in total. The summed E-state index contributed by atoms with van der Waals surface area (Å²) in [7, 11) is -4.03. The molecular formula is C21H17ClN2O3S. The van der Waals surface area contributed by atoms with E-state index in [1.165, 1.54) is 23.1 Å². The van der Waals surface area contributed by atoms with E-state index in [0.717, 1.165) is 15.4 Å². The Morgan fingerprint density at radius 1 is 0.893 bits per heavy atom. The van der Waals surface area contributed by atoms with Crippen molar-refractivity contribution in [2.24, 2.45) is 0 Å². The molecular weight excluding hydrogens is 396 g/mol. The second kappa shape index (κ2) is 6.96. The molecule has 28 heavy (non-hydrogen) atoms. The minimum absolute atomic E-state index is 0.0955. The monoisotopic (exact) mass is 412 g/mol. The molecule has 0 fully saturated rings. The van der Waals surface area contributed by atoms with Gasteiger partial charge in [0.25, 0.3) is 10.0 Å². The van der Waals surface area contributed by atoms with Gasteiger partial charge in [-0.05, 0) is 54.4 Å². The van der Waals surface area contributed by atoms with E-state index >= 15 is 0 Å². The predicted octanol–water partition coefficient (Wildman–Crippen LogP) is 4.98. The number of anilines is 2. The second-order valence-corrected chi connectivity index (χ2v) is 8.70. The van der Waals surface area contributed by atoms with Crippen molar-refractivity contribution >= 4 is 39.0 Å². The number of para-hydroxylation sites is 1. The van der Waals surface area contributed by atoms with Crippen LogP contribution < -0.4 is 9.21 Å². The first kappa shape index (κ1) is 18.5. The molecule has 1 aliphatic rings. The zero-order chi connectivity index (χ0) is 19.9. The Kier molecular flexibility index (Phi) is 4.61. The van der Waals surface area contributed by atoms with E-state index in [4.69, 9.17) is 11.6 Å². The summed E-state index contributed by atoms with van der Waals surface area (Å²) < 4.78 is 27.3. The third-order valence-electron chi connectivity index (χ3n) is 4.73. The Hall–Kier alpha value is -2.83. The Balaban J connectivity index is 1.88. The SMILES string of the molecule is Cc1ccccc1CN1C(=O)N(c2ccc(Cl)cc2)S(=O)(=O)c2ccccc21. The summed E-state index contributed by atoms with van der Waals surface area (Å²) in [5, 5.41) is 0.461. The third-order valence-corrected chi connectivity index (χ3v) is 6.73. The fourth-order valence-corrected chi connectivity index (χ4v) is 4.97. The first-order valence-corrected chi connectivity index (χ1v) is 10.5. The number of hydrogen-bond donors (Lipinski definition) is 0.